The number of nitrogens with one attached hydrogen (secondary N) is 1. The van der Waals surface area contributed by atoms with Gasteiger partial charge in [-0.25, -0.2) is 4.98 Å². The van der Waals surface area contributed by atoms with Gasteiger partial charge in [0.15, 0.2) is 0 Å². The molecule has 136 valence electrons. The molecule has 2 amide bonds. The van der Waals surface area contributed by atoms with Crippen LogP contribution >= 0.6 is 11.3 Å². The lowest BCUT2D eigenvalue weighted by Crippen LogP contribution is -2.47. The second-order valence-electron chi connectivity index (χ2n) is 5.69. The molecule has 3 N–H and O–H groups in total. The van der Waals surface area contributed by atoms with E-state index in [4.69, 9.17) is 5.73 Å². The smallest absolute Gasteiger partial charge is 0.287 e. The van der Waals surface area contributed by atoms with Gasteiger partial charge < -0.3 is 11.1 Å². The van der Waals surface area contributed by atoms with Crippen LogP contribution in [0.3, 0.4) is 0 Å². The number of nitrogens with zero attached hydrogens (tertiary/aromatic N) is 2. The van der Waals surface area contributed by atoms with Crippen LogP contribution in [0, 0.1) is 0 Å². The minimum Gasteiger partial charge on any atom is -0.363 e. The number of carbonyl (C=O) groups excluding carboxylic acids is 3. The maximum Gasteiger partial charge on any atom is 0.287 e. The summed E-state index contributed by atoms with van der Waals surface area (Å²) in [5.41, 5.74) is 8.44. The second kappa shape index (κ2) is 8.33. The van der Waals surface area contributed by atoms with E-state index in [2.05, 4.69) is 15.3 Å². The largest absolute Gasteiger partial charge is 0.363 e. The van der Waals surface area contributed by atoms with Crippen molar-refractivity contribution in [2.75, 3.05) is 0 Å². The predicted octanol–water partition coefficient (Wildman–Crippen LogP) is 1.60. The number of rotatable bonds is 7. The first-order valence-corrected chi connectivity index (χ1v) is 8.97. The van der Waals surface area contributed by atoms with Crippen molar-refractivity contribution < 1.29 is 14.4 Å². The highest BCUT2D eigenvalue weighted by Crippen LogP contribution is 2.23. The third kappa shape index (κ3) is 4.42. The zero-order valence-electron chi connectivity index (χ0n) is 14.2. The third-order valence-electron chi connectivity index (χ3n) is 3.83. The van der Waals surface area contributed by atoms with Crippen LogP contribution in [-0.2, 0) is 16.0 Å². The normalized spacial score (nSPS) is 11.6. The molecule has 0 unspecified atom stereocenters. The molecule has 3 rings (SSSR count). The number of aromatic nitrogens is 2. The molecule has 0 aliphatic rings. The van der Waals surface area contributed by atoms with Crippen LogP contribution in [-0.4, -0.2) is 33.6 Å². The Balaban J connectivity index is 1.84. The maximum absolute atomic E-state index is 12.8. The Bertz CT molecular complexity index is 957. The highest BCUT2D eigenvalue weighted by Gasteiger charge is 2.27. The van der Waals surface area contributed by atoms with Gasteiger partial charge in [-0.05, 0) is 17.7 Å². The summed E-state index contributed by atoms with van der Waals surface area (Å²) in [5.74, 6) is -2.45. The van der Waals surface area contributed by atoms with Crippen molar-refractivity contribution in [2.45, 2.75) is 12.5 Å². The third-order valence-corrected chi connectivity index (χ3v) is 4.65. The number of nitrogens with two attached hydrogens (primary N) is 1. The van der Waals surface area contributed by atoms with Gasteiger partial charge in [0.1, 0.15) is 16.6 Å². The van der Waals surface area contributed by atoms with Gasteiger partial charge >= 0.3 is 0 Å². The Hall–Kier alpha value is -3.39. The van der Waals surface area contributed by atoms with Crippen LogP contribution in [0.25, 0.3) is 11.4 Å². The Labute approximate surface area is 159 Å². The summed E-state index contributed by atoms with van der Waals surface area (Å²) in [4.78, 5) is 45.0. The van der Waals surface area contributed by atoms with Gasteiger partial charge in [-0.2, -0.15) is 0 Å². The minimum atomic E-state index is -1.09. The van der Waals surface area contributed by atoms with Gasteiger partial charge in [0.2, 0.25) is 5.78 Å². The molecule has 2 aromatic heterocycles. The number of carbonyl (C=O) groups is 3. The van der Waals surface area contributed by atoms with E-state index in [1.807, 2.05) is 18.2 Å². The fraction of sp³-hybridized carbons (Fsp3) is 0.105. The molecule has 0 spiro atoms. The molecule has 1 aromatic carbocycles. The van der Waals surface area contributed by atoms with E-state index in [1.165, 1.54) is 5.51 Å². The SMILES string of the molecule is NC(=O)C(=O)[C@H](Cc1ccccc1)NC(=O)c1scnc1-c1ccccn1. The maximum atomic E-state index is 12.8. The molecule has 0 aliphatic heterocycles. The molecule has 0 bridgehead atoms. The van der Waals surface area contributed by atoms with Crippen LogP contribution in [0.15, 0.2) is 60.2 Å². The second-order valence-corrected chi connectivity index (χ2v) is 6.54. The van der Waals surface area contributed by atoms with Crippen LogP contribution in [0.5, 0.6) is 0 Å². The van der Waals surface area contributed by atoms with Gasteiger partial charge in [0.25, 0.3) is 11.8 Å². The molecule has 2 heterocycles. The lowest BCUT2D eigenvalue weighted by Gasteiger charge is -2.16. The molecule has 8 heteroatoms. The van der Waals surface area contributed by atoms with E-state index in [-0.39, 0.29) is 6.42 Å². The van der Waals surface area contributed by atoms with Crippen molar-refractivity contribution in [2.24, 2.45) is 5.73 Å². The summed E-state index contributed by atoms with van der Waals surface area (Å²) in [7, 11) is 0. The van der Waals surface area contributed by atoms with E-state index in [1.54, 1.807) is 36.5 Å². The zero-order chi connectivity index (χ0) is 19.2. The molecule has 0 radical (unpaired) electrons. The van der Waals surface area contributed by atoms with E-state index >= 15 is 0 Å². The predicted molar refractivity (Wildman–Crippen MR) is 101 cm³/mol. The van der Waals surface area contributed by atoms with Gasteiger partial charge in [-0.15, -0.1) is 11.3 Å². The molecular weight excluding hydrogens is 364 g/mol. The lowest BCUT2D eigenvalue weighted by molar-refractivity contribution is -0.137. The topological polar surface area (TPSA) is 115 Å². The van der Waals surface area contributed by atoms with Crippen LogP contribution < -0.4 is 11.1 Å². The first-order valence-electron chi connectivity index (χ1n) is 8.09. The van der Waals surface area contributed by atoms with Crippen molar-refractivity contribution in [3.8, 4) is 11.4 Å². The van der Waals surface area contributed by atoms with Gasteiger partial charge in [-0.1, -0.05) is 36.4 Å². The molecule has 0 saturated carbocycles. The van der Waals surface area contributed by atoms with Gasteiger partial charge in [-0.3, -0.25) is 19.4 Å². The Morgan fingerprint density at radius 2 is 1.78 bits per heavy atom. The highest BCUT2D eigenvalue weighted by atomic mass is 32.1. The molecule has 0 fully saturated rings. The quantitative estimate of drug-likeness (QED) is 0.604. The summed E-state index contributed by atoms with van der Waals surface area (Å²) in [6.45, 7) is 0. The molecule has 0 aliphatic carbocycles. The Kier molecular flexibility index (Phi) is 5.68. The number of hydrogen-bond acceptors (Lipinski definition) is 6. The fourth-order valence-electron chi connectivity index (χ4n) is 2.55. The van der Waals surface area contributed by atoms with Crippen molar-refractivity contribution in [3.05, 3.63) is 70.7 Å². The summed E-state index contributed by atoms with van der Waals surface area (Å²) in [5, 5.41) is 2.61. The average Bonchev–Trinajstić information content (AvgIpc) is 3.18. The monoisotopic (exact) mass is 380 g/mol. The number of ketones is 1. The van der Waals surface area contributed by atoms with Crippen LogP contribution in [0.4, 0.5) is 0 Å². The number of Topliss-reactive ketones (excluding diaryl/α,β-unsaturated/α-hetero) is 1. The van der Waals surface area contributed by atoms with E-state index in [0.717, 1.165) is 16.9 Å². The Morgan fingerprint density at radius 1 is 1.04 bits per heavy atom. The highest BCUT2D eigenvalue weighted by molar-refractivity contribution is 7.12. The van der Waals surface area contributed by atoms with E-state index in [0.29, 0.717) is 16.3 Å². The van der Waals surface area contributed by atoms with Crippen molar-refractivity contribution in [1.82, 2.24) is 15.3 Å². The molecule has 27 heavy (non-hydrogen) atoms. The number of benzene rings is 1. The number of primary amides is 1. The van der Waals surface area contributed by atoms with Crippen LogP contribution in [0.1, 0.15) is 15.2 Å². The Morgan fingerprint density at radius 3 is 2.44 bits per heavy atom. The van der Waals surface area contributed by atoms with Gasteiger partial charge in [0, 0.05) is 12.6 Å². The van der Waals surface area contributed by atoms with Crippen LogP contribution in [0.2, 0.25) is 0 Å². The van der Waals surface area contributed by atoms with E-state index in [9.17, 15) is 14.4 Å². The molecule has 1 atom stereocenters. The average molecular weight is 380 g/mol. The first-order chi connectivity index (χ1) is 13.1. The molecular formula is C19H16N4O3S. The lowest BCUT2D eigenvalue weighted by atomic mass is 10.0. The molecule has 7 nitrogen and oxygen atoms in total. The van der Waals surface area contributed by atoms with Gasteiger partial charge in [0.05, 0.1) is 11.2 Å². The summed E-state index contributed by atoms with van der Waals surface area (Å²) < 4.78 is 0. The summed E-state index contributed by atoms with van der Waals surface area (Å²) >= 11 is 1.13. The zero-order valence-corrected chi connectivity index (χ0v) is 15.0. The molecule has 3 aromatic rings. The number of pyridine rings is 1. The summed E-state index contributed by atoms with van der Waals surface area (Å²) in [6, 6.07) is 13.3. The van der Waals surface area contributed by atoms with Crippen molar-refractivity contribution >= 4 is 28.9 Å². The summed E-state index contributed by atoms with van der Waals surface area (Å²) in [6.07, 6.45) is 1.76. The molecule has 0 saturated heterocycles. The van der Waals surface area contributed by atoms with E-state index < -0.39 is 23.6 Å². The van der Waals surface area contributed by atoms with Crippen molar-refractivity contribution in [3.63, 3.8) is 0 Å². The first kappa shape index (κ1) is 18.4. The standard InChI is InChI=1S/C19H16N4O3S/c20-18(25)16(24)14(10-12-6-2-1-3-7-12)23-19(26)17-15(22-11-27-17)13-8-4-5-9-21-13/h1-9,11,14H,10H2,(H2,20,25)(H,23,26)/t14-/m0/s1. The number of hydrogen-bond donors (Lipinski definition) is 2. The minimum absolute atomic E-state index is 0.159. The number of thiazole rings is 1. The number of amides is 2. The fourth-order valence-corrected chi connectivity index (χ4v) is 3.25. The van der Waals surface area contributed by atoms with Crippen molar-refractivity contribution in [1.29, 1.82) is 0 Å².